The van der Waals surface area contributed by atoms with Gasteiger partial charge in [-0.05, 0) is 32.6 Å². The third-order valence-electron chi connectivity index (χ3n) is 3.94. The number of anilines is 1. The molecule has 19 heavy (non-hydrogen) atoms. The second-order valence-electron chi connectivity index (χ2n) is 6.08. The van der Waals surface area contributed by atoms with E-state index in [4.69, 9.17) is 0 Å². The normalized spacial score (nSPS) is 24.2. The van der Waals surface area contributed by atoms with Crippen molar-refractivity contribution in [3.8, 4) is 0 Å². The smallest absolute Gasteiger partial charge is 0.315 e. The van der Waals surface area contributed by atoms with Gasteiger partial charge < -0.3 is 10.4 Å². The van der Waals surface area contributed by atoms with Crippen molar-refractivity contribution in [3.05, 3.63) is 11.1 Å². The summed E-state index contributed by atoms with van der Waals surface area (Å²) in [6.07, 6.45) is 4.93. The first-order valence-electron chi connectivity index (χ1n) is 6.85. The Morgan fingerprint density at radius 2 is 2.26 bits per heavy atom. The lowest BCUT2D eigenvalue weighted by Crippen LogP contribution is -2.29. The van der Waals surface area contributed by atoms with Crippen LogP contribution in [0.5, 0.6) is 0 Å². The highest BCUT2D eigenvalue weighted by Crippen LogP contribution is 2.30. The summed E-state index contributed by atoms with van der Waals surface area (Å²) in [6.45, 7) is 5.67. The van der Waals surface area contributed by atoms with Crippen LogP contribution >= 0.6 is 11.3 Å². The molecule has 0 bridgehead atoms. The molecular formula is C14H22N2O2S. The number of hydrogen-bond acceptors (Lipinski definition) is 4. The first kappa shape index (κ1) is 14.3. The molecule has 0 aliphatic heterocycles. The average Bonchev–Trinajstić information content (AvgIpc) is 2.78. The number of hydrogen-bond donors (Lipinski definition) is 2. The molecule has 1 aliphatic carbocycles. The molecule has 0 spiro atoms. The van der Waals surface area contributed by atoms with Crippen LogP contribution in [-0.4, -0.2) is 22.1 Å². The first-order chi connectivity index (χ1) is 8.89. The van der Waals surface area contributed by atoms with Crippen molar-refractivity contribution in [2.24, 2.45) is 5.92 Å². The van der Waals surface area contributed by atoms with E-state index in [1.54, 1.807) is 13.8 Å². The molecular weight excluding hydrogens is 260 g/mol. The summed E-state index contributed by atoms with van der Waals surface area (Å²) < 4.78 is 0. The van der Waals surface area contributed by atoms with Gasteiger partial charge in [0.15, 0.2) is 5.13 Å². The minimum atomic E-state index is -0.920. The average molecular weight is 282 g/mol. The molecule has 1 fully saturated rings. The van der Waals surface area contributed by atoms with E-state index in [0.717, 1.165) is 11.0 Å². The molecule has 1 saturated carbocycles. The van der Waals surface area contributed by atoms with Crippen molar-refractivity contribution < 1.29 is 9.90 Å². The molecule has 1 aromatic heterocycles. The Kier molecular flexibility index (Phi) is 4.13. The summed E-state index contributed by atoms with van der Waals surface area (Å²) in [6, 6.07) is 0.482. The highest BCUT2D eigenvalue weighted by Gasteiger charge is 2.32. The maximum atomic E-state index is 11.2. The lowest BCUT2D eigenvalue weighted by molar-refractivity contribution is -0.142. The molecule has 2 N–H and O–H groups in total. The molecule has 0 amide bonds. The standard InChI is InChI=1S/C14H22N2O2S/c1-9-5-4-6-10(7-9)15-13-16-11(8-19-13)14(2,3)12(17)18/h8-10H,4-7H2,1-3H3,(H,15,16)(H,17,18). The highest BCUT2D eigenvalue weighted by atomic mass is 32.1. The lowest BCUT2D eigenvalue weighted by Gasteiger charge is -2.27. The van der Waals surface area contributed by atoms with E-state index in [-0.39, 0.29) is 0 Å². The fraction of sp³-hybridized carbons (Fsp3) is 0.714. The zero-order valence-electron chi connectivity index (χ0n) is 11.8. The van der Waals surface area contributed by atoms with Gasteiger partial charge in [0.1, 0.15) is 5.41 Å². The molecule has 0 aromatic carbocycles. The largest absolute Gasteiger partial charge is 0.481 e. The second kappa shape index (κ2) is 5.49. The predicted octanol–water partition coefficient (Wildman–Crippen LogP) is 3.50. The number of nitrogens with one attached hydrogen (secondary N) is 1. The van der Waals surface area contributed by atoms with Crippen molar-refractivity contribution in [2.45, 2.75) is 57.9 Å². The van der Waals surface area contributed by atoms with Crippen LogP contribution in [0.1, 0.15) is 52.1 Å². The zero-order chi connectivity index (χ0) is 14.0. The van der Waals surface area contributed by atoms with Gasteiger partial charge in [-0.1, -0.05) is 19.8 Å². The molecule has 2 atom stereocenters. The molecule has 2 unspecified atom stereocenters. The monoisotopic (exact) mass is 282 g/mol. The van der Waals surface area contributed by atoms with Crippen LogP contribution in [0.15, 0.2) is 5.38 Å². The Bertz CT molecular complexity index is 456. The molecule has 0 radical (unpaired) electrons. The highest BCUT2D eigenvalue weighted by molar-refractivity contribution is 7.13. The van der Waals surface area contributed by atoms with Crippen LogP contribution in [-0.2, 0) is 10.2 Å². The fourth-order valence-electron chi connectivity index (χ4n) is 2.48. The second-order valence-corrected chi connectivity index (χ2v) is 6.94. The first-order valence-corrected chi connectivity index (χ1v) is 7.73. The van der Waals surface area contributed by atoms with E-state index in [1.165, 1.54) is 37.0 Å². The van der Waals surface area contributed by atoms with Crippen LogP contribution in [0.25, 0.3) is 0 Å². The van der Waals surface area contributed by atoms with Crippen molar-refractivity contribution in [2.75, 3.05) is 5.32 Å². The van der Waals surface area contributed by atoms with Crippen LogP contribution in [0, 0.1) is 5.92 Å². The zero-order valence-corrected chi connectivity index (χ0v) is 12.6. The third kappa shape index (κ3) is 3.26. The van der Waals surface area contributed by atoms with E-state index in [1.807, 2.05) is 5.38 Å². The molecule has 0 saturated heterocycles. The molecule has 4 nitrogen and oxygen atoms in total. The number of carboxylic acid groups (broad SMARTS) is 1. The van der Waals surface area contributed by atoms with Gasteiger partial charge in [0, 0.05) is 11.4 Å². The van der Waals surface area contributed by atoms with Gasteiger partial charge in [0.25, 0.3) is 0 Å². The molecule has 1 aromatic rings. The van der Waals surface area contributed by atoms with Crippen molar-refractivity contribution in [1.29, 1.82) is 0 Å². The number of nitrogens with zero attached hydrogens (tertiary/aromatic N) is 1. The molecule has 1 aliphatic rings. The molecule has 106 valence electrons. The quantitative estimate of drug-likeness (QED) is 0.887. The van der Waals surface area contributed by atoms with Gasteiger partial charge in [0.2, 0.25) is 0 Å². The van der Waals surface area contributed by atoms with E-state index >= 15 is 0 Å². The molecule has 1 heterocycles. The topological polar surface area (TPSA) is 62.2 Å². The molecule has 2 rings (SSSR count). The van der Waals surface area contributed by atoms with Crippen molar-refractivity contribution in [3.63, 3.8) is 0 Å². The SMILES string of the molecule is CC1CCCC(Nc2nc(C(C)(C)C(=O)O)cs2)C1. The number of thiazole rings is 1. The van der Waals surface area contributed by atoms with E-state index in [0.29, 0.717) is 11.7 Å². The Morgan fingerprint density at radius 1 is 1.53 bits per heavy atom. The van der Waals surface area contributed by atoms with Gasteiger partial charge in [-0.2, -0.15) is 0 Å². The van der Waals surface area contributed by atoms with E-state index < -0.39 is 11.4 Å². The number of rotatable bonds is 4. The summed E-state index contributed by atoms with van der Waals surface area (Å²) in [5.41, 5.74) is -0.285. The Balaban J connectivity index is 2.03. The summed E-state index contributed by atoms with van der Waals surface area (Å²) in [7, 11) is 0. The van der Waals surface area contributed by atoms with E-state index in [2.05, 4.69) is 17.2 Å². The summed E-state index contributed by atoms with van der Waals surface area (Å²) >= 11 is 1.50. The predicted molar refractivity (Wildman–Crippen MR) is 77.8 cm³/mol. The maximum Gasteiger partial charge on any atom is 0.315 e. The van der Waals surface area contributed by atoms with Crippen LogP contribution in [0.3, 0.4) is 0 Å². The van der Waals surface area contributed by atoms with Crippen LogP contribution in [0.4, 0.5) is 5.13 Å². The molecule has 5 heteroatoms. The van der Waals surface area contributed by atoms with Crippen LogP contribution in [0.2, 0.25) is 0 Å². The van der Waals surface area contributed by atoms with Crippen molar-refractivity contribution >= 4 is 22.4 Å². The number of aromatic nitrogens is 1. The maximum absolute atomic E-state index is 11.2. The number of carboxylic acids is 1. The van der Waals surface area contributed by atoms with E-state index in [9.17, 15) is 9.90 Å². The fourth-order valence-corrected chi connectivity index (χ4v) is 3.43. The Labute approximate surface area is 118 Å². The van der Waals surface area contributed by atoms with Gasteiger partial charge in [-0.25, -0.2) is 4.98 Å². The van der Waals surface area contributed by atoms with Gasteiger partial charge >= 0.3 is 5.97 Å². The number of aliphatic carboxylic acids is 1. The summed E-state index contributed by atoms with van der Waals surface area (Å²) in [4.78, 5) is 15.7. The minimum Gasteiger partial charge on any atom is -0.481 e. The third-order valence-corrected chi connectivity index (χ3v) is 4.72. The summed E-state index contributed by atoms with van der Waals surface area (Å²) in [5, 5.41) is 15.4. The Hall–Kier alpha value is -1.10. The van der Waals surface area contributed by atoms with Crippen LogP contribution < -0.4 is 5.32 Å². The number of carbonyl (C=O) groups is 1. The summed E-state index contributed by atoms with van der Waals surface area (Å²) in [5.74, 6) is -0.0724. The lowest BCUT2D eigenvalue weighted by atomic mass is 9.87. The minimum absolute atomic E-state index is 0.482. The van der Waals surface area contributed by atoms with Gasteiger partial charge in [-0.3, -0.25) is 4.79 Å². The van der Waals surface area contributed by atoms with Gasteiger partial charge in [0.05, 0.1) is 5.69 Å². The van der Waals surface area contributed by atoms with Crippen molar-refractivity contribution in [1.82, 2.24) is 4.98 Å². The Morgan fingerprint density at radius 3 is 2.89 bits per heavy atom. The van der Waals surface area contributed by atoms with Gasteiger partial charge in [-0.15, -0.1) is 11.3 Å².